The lowest BCUT2D eigenvalue weighted by molar-refractivity contribution is -0.133. The van der Waals surface area contributed by atoms with Crippen molar-refractivity contribution in [1.82, 2.24) is 0 Å². The minimum absolute atomic E-state index is 0.318. The number of allylic oxidation sites excluding steroid dienone is 4. The molecule has 0 aromatic heterocycles. The Balaban J connectivity index is 3.90. The Labute approximate surface area is 266 Å². The van der Waals surface area contributed by atoms with Gasteiger partial charge in [-0.1, -0.05) is 115 Å². The van der Waals surface area contributed by atoms with Crippen molar-refractivity contribution in [3.05, 3.63) is 24.3 Å². The standard InChI is InChI=1S/C36H68Cl2O3/c1-3-5-23-35(25-19-15-11-7-9-13-17-21-29-37)27-31-39-33-41-34-40-32-28-36(24-6-4-2)26-20-16-12-8-10-14-18-22-30-38/h19-20,25-26,35-36H,3-18,21-24,27-34H2,1-2H3. The molecule has 0 heterocycles. The van der Waals surface area contributed by atoms with Crippen LogP contribution in [0, 0.1) is 11.8 Å². The summed E-state index contributed by atoms with van der Waals surface area (Å²) in [6, 6.07) is 0. The van der Waals surface area contributed by atoms with Crippen LogP contribution >= 0.6 is 23.2 Å². The molecule has 0 aliphatic heterocycles. The first kappa shape index (κ1) is 40.9. The smallest absolute Gasteiger partial charge is 0.149 e. The molecule has 0 radical (unpaired) electrons. The van der Waals surface area contributed by atoms with Crippen LogP contribution in [-0.4, -0.2) is 38.6 Å². The monoisotopic (exact) mass is 618 g/mol. The molecule has 0 fully saturated rings. The summed E-state index contributed by atoms with van der Waals surface area (Å²) in [4.78, 5) is 0. The van der Waals surface area contributed by atoms with Crippen LogP contribution in [0.2, 0.25) is 0 Å². The third kappa shape index (κ3) is 32.7. The van der Waals surface area contributed by atoms with Crippen molar-refractivity contribution in [2.75, 3.05) is 38.6 Å². The van der Waals surface area contributed by atoms with E-state index in [1.54, 1.807) is 0 Å². The predicted octanol–water partition coefficient (Wildman–Crippen LogP) is 12.4. The summed E-state index contributed by atoms with van der Waals surface area (Å²) in [6.07, 6.45) is 37.3. The van der Waals surface area contributed by atoms with E-state index in [0.29, 0.717) is 25.4 Å². The SMILES string of the molecule is CCCCC(C=CCCCCCCCCCl)CCOCOCOCCC(C=CCCCCCCCCCl)CCCC. The zero-order valence-corrected chi connectivity index (χ0v) is 28.8. The van der Waals surface area contributed by atoms with E-state index in [-0.39, 0.29) is 0 Å². The average molecular weight is 620 g/mol. The van der Waals surface area contributed by atoms with Crippen molar-refractivity contribution < 1.29 is 14.2 Å². The molecule has 0 spiro atoms. The van der Waals surface area contributed by atoms with Gasteiger partial charge in [0.1, 0.15) is 13.6 Å². The number of halogens is 2. The van der Waals surface area contributed by atoms with E-state index in [9.17, 15) is 0 Å². The van der Waals surface area contributed by atoms with Crippen LogP contribution in [0.5, 0.6) is 0 Å². The molecule has 2 unspecified atom stereocenters. The summed E-state index contributed by atoms with van der Waals surface area (Å²) >= 11 is 11.5. The van der Waals surface area contributed by atoms with E-state index >= 15 is 0 Å². The minimum atomic E-state index is 0.318. The third-order valence-corrected chi connectivity index (χ3v) is 8.32. The lowest BCUT2D eigenvalue weighted by atomic mass is 9.97. The van der Waals surface area contributed by atoms with Crippen molar-refractivity contribution in [1.29, 1.82) is 0 Å². The lowest BCUT2D eigenvalue weighted by Gasteiger charge is -2.14. The summed E-state index contributed by atoms with van der Waals surface area (Å²) in [5, 5.41) is 0. The van der Waals surface area contributed by atoms with E-state index in [2.05, 4.69) is 38.2 Å². The number of unbranched alkanes of at least 4 members (excludes halogenated alkanes) is 14. The molecular formula is C36H68Cl2O3. The van der Waals surface area contributed by atoms with Gasteiger partial charge >= 0.3 is 0 Å². The van der Waals surface area contributed by atoms with Crippen LogP contribution in [0.15, 0.2) is 24.3 Å². The van der Waals surface area contributed by atoms with Crippen molar-refractivity contribution in [3.63, 3.8) is 0 Å². The highest BCUT2D eigenvalue weighted by Crippen LogP contribution is 2.18. The van der Waals surface area contributed by atoms with Gasteiger partial charge in [-0.3, -0.25) is 0 Å². The lowest BCUT2D eigenvalue weighted by Crippen LogP contribution is -2.10. The van der Waals surface area contributed by atoms with E-state index in [1.807, 2.05) is 0 Å². The second kappa shape index (κ2) is 36.1. The van der Waals surface area contributed by atoms with Gasteiger partial charge in [-0.25, -0.2) is 0 Å². The molecule has 0 aromatic carbocycles. The van der Waals surface area contributed by atoms with Crippen LogP contribution in [-0.2, 0) is 14.2 Å². The Kier molecular flexibility index (Phi) is 36.1. The Bertz CT molecular complexity index is 495. The Hall–Kier alpha value is -0.0600. The second-order valence-corrected chi connectivity index (χ2v) is 12.4. The molecule has 0 saturated carbocycles. The molecular weight excluding hydrogens is 551 g/mol. The molecule has 3 nitrogen and oxygen atoms in total. The molecule has 0 rings (SSSR count). The fourth-order valence-corrected chi connectivity index (χ4v) is 5.43. The fourth-order valence-electron chi connectivity index (χ4n) is 5.05. The Morgan fingerprint density at radius 2 is 0.854 bits per heavy atom. The summed E-state index contributed by atoms with van der Waals surface area (Å²) in [7, 11) is 0. The number of ether oxygens (including phenoxy) is 3. The third-order valence-electron chi connectivity index (χ3n) is 7.78. The van der Waals surface area contributed by atoms with E-state index in [4.69, 9.17) is 37.4 Å². The number of alkyl halides is 2. The average Bonchev–Trinajstić information content (AvgIpc) is 2.98. The maximum Gasteiger partial charge on any atom is 0.149 e. The zero-order valence-electron chi connectivity index (χ0n) is 27.2. The van der Waals surface area contributed by atoms with Crippen LogP contribution in [0.25, 0.3) is 0 Å². The van der Waals surface area contributed by atoms with Crippen molar-refractivity contribution in [2.45, 2.75) is 155 Å². The maximum atomic E-state index is 5.77. The highest BCUT2D eigenvalue weighted by Gasteiger charge is 2.06. The molecule has 244 valence electrons. The fraction of sp³-hybridized carbons (Fsp3) is 0.889. The van der Waals surface area contributed by atoms with Crippen molar-refractivity contribution in [2.24, 2.45) is 11.8 Å². The van der Waals surface area contributed by atoms with E-state index in [1.165, 1.54) is 116 Å². The quantitative estimate of drug-likeness (QED) is 0.0310. The molecule has 41 heavy (non-hydrogen) atoms. The summed E-state index contributed by atoms with van der Waals surface area (Å²) in [5.41, 5.74) is 0. The Morgan fingerprint density at radius 3 is 1.24 bits per heavy atom. The topological polar surface area (TPSA) is 27.7 Å². The van der Waals surface area contributed by atoms with Gasteiger partial charge in [0.05, 0.1) is 0 Å². The first-order valence-corrected chi connectivity index (χ1v) is 18.5. The molecule has 2 atom stereocenters. The van der Waals surface area contributed by atoms with Crippen molar-refractivity contribution in [3.8, 4) is 0 Å². The first-order valence-electron chi connectivity index (χ1n) is 17.5. The first-order chi connectivity index (χ1) is 20.3. The van der Waals surface area contributed by atoms with Gasteiger partial charge < -0.3 is 14.2 Å². The minimum Gasteiger partial charge on any atom is -0.355 e. The van der Waals surface area contributed by atoms with E-state index in [0.717, 1.165) is 50.7 Å². The van der Waals surface area contributed by atoms with Gasteiger partial charge in [0, 0.05) is 25.0 Å². The molecule has 0 bridgehead atoms. The van der Waals surface area contributed by atoms with Crippen LogP contribution < -0.4 is 0 Å². The van der Waals surface area contributed by atoms with E-state index < -0.39 is 0 Å². The number of hydrogen-bond acceptors (Lipinski definition) is 3. The number of hydrogen-bond donors (Lipinski definition) is 0. The largest absolute Gasteiger partial charge is 0.355 e. The molecule has 0 saturated heterocycles. The molecule has 0 aliphatic rings. The molecule has 5 heteroatoms. The van der Waals surface area contributed by atoms with Gasteiger partial charge in [0.15, 0.2) is 0 Å². The summed E-state index contributed by atoms with van der Waals surface area (Å²) < 4.78 is 17.1. The highest BCUT2D eigenvalue weighted by molar-refractivity contribution is 6.18. The van der Waals surface area contributed by atoms with Gasteiger partial charge in [-0.15, -0.1) is 23.2 Å². The summed E-state index contributed by atoms with van der Waals surface area (Å²) in [6.45, 7) is 6.67. The van der Waals surface area contributed by atoms with Crippen molar-refractivity contribution >= 4 is 23.2 Å². The molecule has 0 amide bonds. The predicted molar refractivity (Wildman–Crippen MR) is 182 cm³/mol. The Morgan fingerprint density at radius 1 is 0.463 bits per heavy atom. The zero-order chi connectivity index (χ0) is 29.9. The van der Waals surface area contributed by atoms with Crippen LogP contribution in [0.4, 0.5) is 0 Å². The van der Waals surface area contributed by atoms with Gasteiger partial charge in [-0.2, -0.15) is 0 Å². The number of rotatable bonds is 34. The van der Waals surface area contributed by atoms with Gasteiger partial charge in [-0.05, 0) is 76.0 Å². The van der Waals surface area contributed by atoms with Crippen LogP contribution in [0.3, 0.4) is 0 Å². The second-order valence-electron chi connectivity index (χ2n) is 11.7. The maximum absolute atomic E-state index is 5.77. The molecule has 0 aliphatic carbocycles. The molecule has 0 aromatic rings. The van der Waals surface area contributed by atoms with Gasteiger partial charge in [0.2, 0.25) is 0 Å². The molecule has 0 N–H and O–H groups in total. The summed E-state index contributed by atoms with van der Waals surface area (Å²) in [5.74, 6) is 2.84. The highest BCUT2D eigenvalue weighted by atomic mass is 35.5. The van der Waals surface area contributed by atoms with Crippen LogP contribution in [0.1, 0.15) is 155 Å². The normalized spacial score (nSPS) is 13.6. The van der Waals surface area contributed by atoms with Gasteiger partial charge in [0.25, 0.3) is 0 Å².